The van der Waals surface area contributed by atoms with Crippen LogP contribution in [0.25, 0.3) is 0 Å². The van der Waals surface area contributed by atoms with Gasteiger partial charge in [0.2, 0.25) is 0 Å². The molecule has 4 nitrogen and oxygen atoms in total. The van der Waals surface area contributed by atoms with Crippen molar-refractivity contribution in [1.82, 2.24) is 0 Å². The molecule has 160 valence electrons. The predicted octanol–water partition coefficient (Wildman–Crippen LogP) is 6.73. The molecule has 0 spiro atoms. The standard InChI is InChI=1S/C20H45O4PS/c1-6-9-12-15-18-25(5,19-16-13-10-7-2,20-17-14-11-8-3)24-26(21,22)23-4/h6-20H2,1-5H3. The number of hydrogen-bond donors (Lipinski definition) is 0. The van der Waals surface area contributed by atoms with E-state index >= 15 is 0 Å². The third-order valence-electron chi connectivity index (χ3n) is 5.46. The molecule has 0 aliphatic carbocycles. The molecule has 0 bridgehead atoms. The first-order valence-corrected chi connectivity index (χ1v) is 15.3. The van der Waals surface area contributed by atoms with E-state index in [4.69, 9.17) is 8.15 Å². The van der Waals surface area contributed by atoms with Crippen LogP contribution in [0.3, 0.4) is 0 Å². The summed E-state index contributed by atoms with van der Waals surface area (Å²) in [6.45, 7) is 5.97. The quantitative estimate of drug-likeness (QED) is 0.185. The summed E-state index contributed by atoms with van der Waals surface area (Å²) in [5, 5.41) is 0. The molecule has 0 saturated heterocycles. The molecular formula is C20H45O4PS. The third-order valence-corrected chi connectivity index (χ3v) is 13.2. The first-order chi connectivity index (χ1) is 12.2. The van der Waals surface area contributed by atoms with Crippen LogP contribution in [0.1, 0.15) is 97.8 Å². The van der Waals surface area contributed by atoms with Gasteiger partial charge in [-0.05, 0) is 0 Å². The van der Waals surface area contributed by atoms with Crippen molar-refractivity contribution in [2.45, 2.75) is 97.8 Å². The van der Waals surface area contributed by atoms with Crippen molar-refractivity contribution >= 4 is 17.2 Å². The average Bonchev–Trinajstić information content (AvgIpc) is 2.60. The van der Waals surface area contributed by atoms with E-state index in [0.29, 0.717) is 0 Å². The summed E-state index contributed by atoms with van der Waals surface area (Å²) in [5.74, 6) is 0. The van der Waals surface area contributed by atoms with Crippen LogP contribution in [0.2, 0.25) is 0 Å². The van der Waals surface area contributed by atoms with E-state index in [1.807, 2.05) is 0 Å². The average molecular weight is 413 g/mol. The van der Waals surface area contributed by atoms with Gasteiger partial charge in [-0.25, -0.2) is 0 Å². The van der Waals surface area contributed by atoms with Crippen LogP contribution >= 0.6 is 6.83 Å². The molecule has 0 atom stereocenters. The fraction of sp³-hybridized carbons (Fsp3) is 1.00. The second kappa shape index (κ2) is 13.5. The Hall–Kier alpha value is 0.300. The molecule has 0 N–H and O–H groups in total. The first kappa shape index (κ1) is 26.3. The second-order valence-corrected chi connectivity index (χ2v) is 15.7. The van der Waals surface area contributed by atoms with Gasteiger partial charge in [0.05, 0.1) is 0 Å². The molecular weight excluding hydrogens is 367 g/mol. The second-order valence-electron chi connectivity index (χ2n) is 8.19. The molecule has 26 heavy (non-hydrogen) atoms. The molecule has 0 rings (SSSR count). The van der Waals surface area contributed by atoms with E-state index in [0.717, 1.165) is 57.0 Å². The maximum atomic E-state index is 12.3. The molecule has 0 aromatic rings. The summed E-state index contributed by atoms with van der Waals surface area (Å²) in [6.07, 6.45) is 16.5. The van der Waals surface area contributed by atoms with Crippen LogP contribution < -0.4 is 0 Å². The number of unbranched alkanes of at least 4 members (excludes halogenated alkanes) is 9. The third kappa shape index (κ3) is 11.2. The Labute approximate surface area is 164 Å². The molecule has 0 unspecified atom stereocenters. The van der Waals surface area contributed by atoms with Gasteiger partial charge >= 0.3 is 164 Å². The molecule has 6 heteroatoms. The molecule has 0 aliphatic heterocycles. The number of rotatable bonds is 18. The zero-order valence-electron chi connectivity index (χ0n) is 18.1. The minimum absolute atomic E-state index is 0.909. The Balaban J connectivity index is 5.33. The summed E-state index contributed by atoms with van der Waals surface area (Å²) in [7, 11) is -2.70. The van der Waals surface area contributed by atoms with Crippen molar-refractivity contribution in [3.8, 4) is 0 Å². The van der Waals surface area contributed by atoms with Crippen molar-refractivity contribution in [2.24, 2.45) is 0 Å². The van der Waals surface area contributed by atoms with Crippen molar-refractivity contribution in [1.29, 1.82) is 0 Å². The van der Waals surface area contributed by atoms with Crippen molar-refractivity contribution < 1.29 is 16.6 Å². The van der Waals surface area contributed by atoms with Gasteiger partial charge in [-0.2, -0.15) is 0 Å². The first-order valence-electron chi connectivity index (χ1n) is 10.8. The van der Waals surface area contributed by atoms with Crippen molar-refractivity contribution in [3.05, 3.63) is 0 Å². The van der Waals surface area contributed by atoms with E-state index < -0.39 is 17.2 Å². The monoisotopic (exact) mass is 412 g/mol. The number of hydrogen-bond acceptors (Lipinski definition) is 4. The van der Waals surface area contributed by atoms with Gasteiger partial charge in [0.15, 0.2) is 0 Å². The molecule has 0 aliphatic rings. The van der Waals surface area contributed by atoms with Gasteiger partial charge in [0.25, 0.3) is 0 Å². The zero-order valence-corrected chi connectivity index (χ0v) is 19.8. The van der Waals surface area contributed by atoms with Crippen LogP contribution in [0.4, 0.5) is 0 Å². The van der Waals surface area contributed by atoms with E-state index in [-0.39, 0.29) is 0 Å². The molecule has 0 aromatic heterocycles. The summed E-state index contributed by atoms with van der Waals surface area (Å²) < 4.78 is 35.3. The van der Waals surface area contributed by atoms with E-state index in [9.17, 15) is 8.42 Å². The predicted molar refractivity (Wildman–Crippen MR) is 117 cm³/mol. The summed E-state index contributed by atoms with van der Waals surface area (Å²) in [5.41, 5.74) is 0. The fourth-order valence-electron chi connectivity index (χ4n) is 3.72. The molecule has 0 amide bonds. The van der Waals surface area contributed by atoms with Crippen LogP contribution in [-0.2, 0) is 18.6 Å². The Morgan fingerprint density at radius 3 is 1.27 bits per heavy atom. The Bertz CT molecular complexity index is 417. The van der Waals surface area contributed by atoms with Gasteiger partial charge < -0.3 is 0 Å². The van der Waals surface area contributed by atoms with Gasteiger partial charge in [0, 0.05) is 0 Å². The Morgan fingerprint density at radius 2 is 1.00 bits per heavy atom. The Kier molecular flexibility index (Phi) is 13.6. The van der Waals surface area contributed by atoms with Crippen LogP contribution in [0, 0.1) is 0 Å². The SMILES string of the molecule is CCCCCCP(C)(CCCCCC)(CCCCCC)OS(=O)(=O)OC. The Morgan fingerprint density at radius 1 is 0.654 bits per heavy atom. The van der Waals surface area contributed by atoms with Gasteiger partial charge in [-0.3, -0.25) is 0 Å². The molecule has 0 aromatic carbocycles. The van der Waals surface area contributed by atoms with Crippen LogP contribution in [-0.4, -0.2) is 40.7 Å². The maximum absolute atomic E-state index is 12.3. The van der Waals surface area contributed by atoms with E-state index in [1.165, 1.54) is 45.6 Å². The summed E-state index contributed by atoms with van der Waals surface area (Å²) in [4.78, 5) is 0. The van der Waals surface area contributed by atoms with E-state index in [1.54, 1.807) is 0 Å². The zero-order chi connectivity index (χ0) is 20.0. The van der Waals surface area contributed by atoms with Gasteiger partial charge in [-0.15, -0.1) is 0 Å². The van der Waals surface area contributed by atoms with Crippen LogP contribution in [0.5, 0.6) is 0 Å². The molecule has 0 radical (unpaired) electrons. The molecule has 0 fully saturated rings. The summed E-state index contributed by atoms with van der Waals surface area (Å²) >= 11 is 0. The van der Waals surface area contributed by atoms with Gasteiger partial charge in [0.1, 0.15) is 0 Å². The fourth-order valence-corrected chi connectivity index (χ4v) is 11.2. The van der Waals surface area contributed by atoms with Crippen molar-refractivity contribution in [3.63, 3.8) is 0 Å². The minimum atomic E-state index is -3.91. The topological polar surface area (TPSA) is 52.6 Å². The van der Waals surface area contributed by atoms with E-state index in [2.05, 4.69) is 27.4 Å². The molecule has 0 saturated carbocycles. The molecule has 0 heterocycles. The normalized spacial score (nSPS) is 14.3. The van der Waals surface area contributed by atoms with Crippen molar-refractivity contribution in [2.75, 3.05) is 32.3 Å². The van der Waals surface area contributed by atoms with Crippen LogP contribution in [0.15, 0.2) is 0 Å². The summed E-state index contributed by atoms with van der Waals surface area (Å²) in [6, 6.07) is 0. The van der Waals surface area contributed by atoms with Gasteiger partial charge in [-0.1, -0.05) is 0 Å².